The van der Waals surface area contributed by atoms with E-state index in [1.54, 1.807) is 11.3 Å². The van der Waals surface area contributed by atoms with Crippen LogP contribution in [0.25, 0.3) is 75.4 Å². The van der Waals surface area contributed by atoms with Gasteiger partial charge in [0, 0.05) is 33.4 Å². The maximum atomic E-state index is 5.25. The van der Waals surface area contributed by atoms with Crippen LogP contribution in [0.15, 0.2) is 194 Å². The van der Waals surface area contributed by atoms with E-state index in [9.17, 15) is 0 Å². The molecule has 10 rings (SSSR count). The second-order valence-electron chi connectivity index (χ2n) is 13.2. The van der Waals surface area contributed by atoms with Crippen LogP contribution in [-0.4, -0.2) is 4.98 Å². The fourth-order valence-electron chi connectivity index (χ4n) is 7.55. The zero-order valence-corrected chi connectivity index (χ0v) is 29.1. The van der Waals surface area contributed by atoms with Crippen LogP contribution >= 0.6 is 11.3 Å². The van der Waals surface area contributed by atoms with Crippen LogP contribution in [0.3, 0.4) is 0 Å². The Bertz CT molecular complexity index is 2870. The molecule has 9 aromatic carbocycles. The summed E-state index contributed by atoms with van der Waals surface area (Å²) in [5.74, 6) is 0. The fraction of sp³-hybridized carbons (Fsp3) is 0. The highest BCUT2D eigenvalue weighted by Gasteiger charge is 2.17. The van der Waals surface area contributed by atoms with Gasteiger partial charge in [0.2, 0.25) is 0 Å². The molecule has 1 aromatic heterocycles. The molecule has 3 heteroatoms. The molecule has 0 radical (unpaired) electrons. The van der Waals surface area contributed by atoms with E-state index in [2.05, 4.69) is 199 Å². The number of anilines is 3. The molecule has 0 aliphatic carbocycles. The molecule has 0 aliphatic rings. The number of fused-ring (bicyclic) bond motifs is 7. The third-order valence-corrected chi connectivity index (χ3v) is 11.2. The summed E-state index contributed by atoms with van der Waals surface area (Å²) in [5.41, 5.74) is 10.4. The van der Waals surface area contributed by atoms with E-state index in [0.717, 1.165) is 33.1 Å². The van der Waals surface area contributed by atoms with Crippen molar-refractivity contribution in [2.24, 2.45) is 0 Å². The Hall–Kier alpha value is -6.55. The second-order valence-corrected chi connectivity index (χ2v) is 14.2. The van der Waals surface area contributed by atoms with Crippen LogP contribution in [0.1, 0.15) is 0 Å². The van der Waals surface area contributed by atoms with Gasteiger partial charge >= 0.3 is 0 Å². The van der Waals surface area contributed by atoms with Crippen LogP contribution in [0.5, 0.6) is 0 Å². The Morgan fingerprint density at radius 1 is 0.365 bits per heavy atom. The van der Waals surface area contributed by atoms with Gasteiger partial charge in [0.15, 0.2) is 0 Å². The van der Waals surface area contributed by atoms with Crippen LogP contribution in [0.2, 0.25) is 0 Å². The average molecular weight is 681 g/mol. The molecule has 0 saturated heterocycles. The molecule has 0 unspecified atom stereocenters. The van der Waals surface area contributed by atoms with Crippen molar-refractivity contribution in [1.29, 1.82) is 0 Å². The minimum atomic E-state index is 1.05. The number of thiazole rings is 1. The van der Waals surface area contributed by atoms with E-state index in [-0.39, 0.29) is 0 Å². The molecule has 1 heterocycles. The molecule has 0 spiro atoms. The number of aromatic nitrogens is 1. The lowest BCUT2D eigenvalue weighted by Crippen LogP contribution is -2.09. The first-order chi connectivity index (χ1) is 25.8. The number of hydrogen-bond donors (Lipinski definition) is 0. The average Bonchev–Trinajstić information content (AvgIpc) is 3.68. The van der Waals surface area contributed by atoms with Gasteiger partial charge < -0.3 is 4.90 Å². The first kappa shape index (κ1) is 30.3. The minimum Gasteiger partial charge on any atom is -0.311 e. The van der Waals surface area contributed by atoms with Gasteiger partial charge in [0.25, 0.3) is 0 Å². The van der Waals surface area contributed by atoms with Crippen molar-refractivity contribution < 1.29 is 0 Å². The van der Waals surface area contributed by atoms with Gasteiger partial charge in [0.1, 0.15) is 5.01 Å². The minimum absolute atomic E-state index is 1.05. The van der Waals surface area contributed by atoms with Crippen molar-refractivity contribution in [3.05, 3.63) is 194 Å². The lowest BCUT2D eigenvalue weighted by Gasteiger charge is -2.26. The lowest BCUT2D eigenvalue weighted by atomic mass is 9.96. The summed E-state index contributed by atoms with van der Waals surface area (Å²) in [6, 6.07) is 69.7. The summed E-state index contributed by atoms with van der Waals surface area (Å²) in [6.07, 6.45) is 0. The maximum absolute atomic E-state index is 5.25. The predicted octanol–water partition coefficient (Wildman–Crippen LogP) is 14.2. The summed E-state index contributed by atoms with van der Waals surface area (Å²) in [5, 5.41) is 8.51. The van der Waals surface area contributed by atoms with Gasteiger partial charge in [-0.2, -0.15) is 0 Å². The molecule has 52 heavy (non-hydrogen) atoms. The summed E-state index contributed by atoms with van der Waals surface area (Å²) in [6.45, 7) is 0. The molecule has 0 aliphatic heterocycles. The first-order valence-corrected chi connectivity index (χ1v) is 18.4. The zero-order chi connectivity index (χ0) is 34.4. The van der Waals surface area contributed by atoms with Crippen molar-refractivity contribution >= 4 is 70.9 Å². The van der Waals surface area contributed by atoms with Crippen LogP contribution < -0.4 is 4.90 Å². The summed E-state index contributed by atoms with van der Waals surface area (Å²) in [4.78, 5) is 7.58. The molecule has 10 aromatic rings. The van der Waals surface area contributed by atoms with Gasteiger partial charge in [-0.1, -0.05) is 152 Å². The van der Waals surface area contributed by atoms with Crippen molar-refractivity contribution in [2.45, 2.75) is 0 Å². The predicted molar refractivity (Wildman–Crippen MR) is 223 cm³/mol. The van der Waals surface area contributed by atoms with Crippen molar-refractivity contribution in [2.75, 3.05) is 4.90 Å². The van der Waals surface area contributed by atoms with Gasteiger partial charge in [-0.05, 0) is 86.3 Å². The fourth-order valence-corrected chi connectivity index (χ4v) is 8.68. The highest BCUT2D eigenvalue weighted by atomic mass is 32.1. The lowest BCUT2D eigenvalue weighted by molar-refractivity contribution is 1.28. The topological polar surface area (TPSA) is 16.1 Å². The molecule has 0 amide bonds. The third kappa shape index (κ3) is 5.22. The molecule has 0 atom stereocenters. The number of hydrogen-bond acceptors (Lipinski definition) is 3. The van der Waals surface area contributed by atoms with Gasteiger partial charge in [-0.25, -0.2) is 4.98 Å². The van der Waals surface area contributed by atoms with Gasteiger partial charge in [0.05, 0.1) is 10.2 Å². The molecule has 0 N–H and O–H groups in total. The molecule has 0 fully saturated rings. The first-order valence-electron chi connectivity index (χ1n) is 17.6. The number of nitrogens with zero attached hydrogens (tertiary/aromatic N) is 2. The van der Waals surface area contributed by atoms with Gasteiger partial charge in [-0.15, -0.1) is 11.3 Å². The quantitative estimate of drug-likeness (QED) is 0.163. The summed E-state index contributed by atoms with van der Waals surface area (Å²) < 4.78 is 1.24. The Balaban J connectivity index is 1.05. The van der Waals surface area contributed by atoms with E-state index in [1.807, 2.05) is 0 Å². The standard InChI is InChI=1S/C49H32N2S/c1-3-13-36(14-4-1)49-50-47-46-32-37(26-31-44(46)43-19-9-10-20-45(43)48(47)52-49)33-22-27-39(28-23-33)51(38-16-5-2-6-17-38)40-29-24-35(25-30-40)42-21-11-15-34-12-7-8-18-41(34)42/h1-32H. The monoisotopic (exact) mass is 680 g/mol. The summed E-state index contributed by atoms with van der Waals surface area (Å²) >= 11 is 1.78. The molecular formula is C49H32N2S. The van der Waals surface area contributed by atoms with Crippen LogP contribution in [0.4, 0.5) is 17.1 Å². The molecule has 244 valence electrons. The smallest absolute Gasteiger partial charge is 0.124 e. The van der Waals surface area contributed by atoms with Crippen molar-refractivity contribution in [3.8, 4) is 32.8 Å². The van der Waals surface area contributed by atoms with Crippen molar-refractivity contribution in [1.82, 2.24) is 4.98 Å². The Morgan fingerprint density at radius 2 is 0.923 bits per heavy atom. The molecular weight excluding hydrogens is 649 g/mol. The third-order valence-electron chi connectivity index (χ3n) is 10.1. The highest BCUT2D eigenvalue weighted by molar-refractivity contribution is 7.22. The number of rotatable bonds is 6. The Morgan fingerprint density at radius 3 is 1.67 bits per heavy atom. The van der Waals surface area contributed by atoms with E-state index < -0.39 is 0 Å². The Labute approximate surface area is 306 Å². The molecule has 0 saturated carbocycles. The maximum Gasteiger partial charge on any atom is 0.124 e. The second kappa shape index (κ2) is 12.6. The van der Waals surface area contributed by atoms with E-state index in [0.29, 0.717) is 0 Å². The van der Waals surface area contributed by atoms with Crippen LogP contribution in [0, 0.1) is 0 Å². The SMILES string of the molecule is c1ccc(-c2nc3c4cc(-c5ccc(N(c6ccccc6)c6ccc(-c7cccc8ccccc78)cc6)cc5)ccc4c4ccccc4c3s2)cc1. The zero-order valence-electron chi connectivity index (χ0n) is 28.3. The largest absolute Gasteiger partial charge is 0.311 e. The van der Waals surface area contributed by atoms with E-state index in [1.165, 1.54) is 59.3 Å². The van der Waals surface area contributed by atoms with E-state index in [4.69, 9.17) is 4.98 Å². The normalized spacial score (nSPS) is 11.5. The van der Waals surface area contributed by atoms with Gasteiger partial charge in [-0.3, -0.25) is 0 Å². The molecule has 0 bridgehead atoms. The number of para-hydroxylation sites is 1. The Kier molecular flexibility index (Phi) is 7.37. The molecule has 2 nitrogen and oxygen atoms in total. The van der Waals surface area contributed by atoms with Crippen LogP contribution in [-0.2, 0) is 0 Å². The van der Waals surface area contributed by atoms with Crippen molar-refractivity contribution in [3.63, 3.8) is 0 Å². The number of benzene rings is 9. The van der Waals surface area contributed by atoms with E-state index >= 15 is 0 Å². The summed E-state index contributed by atoms with van der Waals surface area (Å²) in [7, 11) is 0. The highest BCUT2D eigenvalue weighted by Crippen LogP contribution is 2.42.